The molecule has 0 aliphatic heterocycles. The summed E-state index contributed by atoms with van der Waals surface area (Å²) in [7, 11) is 0. The molecule has 1 aromatic rings. The predicted octanol–water partition coefficient (Wildman–Crippen LogP) is 4.50. The Kier molecular flexibility index (Phi) is 2.73. The second-order valence-electron chi connectivity index (χ2n) is 5.20. The summed E-state index contributed by atoms with van der Waals surface area (Å²) in [6, 6.07) is 8.96. The first-order valence-electron chi connectivity index (χ1n) is 6.64. The summed E-state index contributed by atoms with van der Waals surface area (Å²) in [5.41, 5.74) is 4.72. The fraction of sp³-hybridized carbons (Fsp3) is 0.438. The van der Waals surface area contributed by atoms with Crippen LogP contribution in [0, 0.1) is 11.3 Å². The topological polar surface area (TPSA) is 23.8 Å². The molecule has 17 heavy (non-hydrogen) atoms. The van der Waals surface area contributed by atoms with Gasteiger partial charge in [0.15, 0.2) is 0 Å². The number of nitriles is 1. The van der Waals surface area contributed by atoms with Crippen LogP contribution in [0.2, 0.25) is 0 Å². The van der Waals surface area contributed by atoms with Gasteiger partial charge in [-0.15, -0.1) is 0 Å². The van der Waals surface area contributed by atoms with E-state index < -0.39 is 0 Å². The molecule has 0 saturated heterocycles. The van der Waals surface area contributed by atoms with E-state index in [2.05, 4.69) is 24.3 Å². The molecule has 0 amide bonds. The van der Waals surface area contributed by atoms with Gasteiger partial charge in [0.25, 0.3) is 0 Å². The van der Waals surface area contributed by atoms with Crippen LogP contribution in [0.3, 0.4) is 0 Å². The first-order valence-corrected chi connectivity index (χ1v) is 6.64. The number of hydrogen-bond donors (Lipinski definition) is 0. The van der Waals surface area contributed by atoms with Gasteiger partial charge in [-0.05, 0) is 47.6 Å². The van der Waals surface area contributed by atoms with E-state index in [0.29, 0.717) is 0 Å². The Bertz CT molecular complexity index is 497. The molecule has 0 unspecified atom stereocenters. The van der Waals surface area contributed by atoms with Crippen LogP contribution < -0.4 is 0 Å². The third kappa shape index (κ3) is 1.89. The molecule has 0 N–H and O–H groups in total. The Morgan fingerprint density at radius 3 is 2.53 bits per heavy atom. The number of benzene rings is 1. The molecule has 2 aliphatic rings. The van der Waals surface area contributed by atoms with Crippen LogP contribution >= 0.6 is 0 Å². The van der Waals surface area contributed by atoms with Gasteiger partial charge in [-0.3, -0.25) is 0 Å². The maximum Gasteiger partial charge on any atom is 0.0998 e. The summed E-state index contributed by atoms with van der Waals surface area (Å²) in [4.78, 5) is 0. The van der Waals surface area contributed by atoms with Crippen molar-refractivity contribution >= 4 is 11.6 Å². The van der Waals surface area contributed by atoms with E-state index in [4.69, 9.17) is 5.26 Å². The highest BCUT2D eigenvalue weighted by Crippen LogP contribution is 2.37. The molecule has 0 aromatic heterocycles. The smallest absolute Gasteiger partial charge is 0.0998 e. The van der Waals surface area contributed by atoms with Crippen molar-refractivity contribution in [2.24, 2.45) is 0 Å². The maximum absolute atomic E-state index is 8.96. The minimum absolute atomic E-state index is 0.725. The molecule has 1 saturated carbocycles. The second kappa shape index (κ2) is 4.37. The fourth-order valence-corrected chi connectivity index (χ4v) is 3.05. The lowest BCUT2D eigenvalue weighted by Crippen LogP contribution is -2.02. The number of rotatable bonds is 1. The van der Waals surface area contributed by atoms with Crippen LogP contribution in [-0.2, 0) is 0 Å². The van der Waals surface area contributed by atoms with Crippen molar-refractivity contribution in [3.8, 4) is 6.07 Å². The van der Waals surface area contributed by atoms with Gasteiger partial charge in [0.1, 0.15) is 0 Å². The van der Waals surface area contributed by atoms with Crippen LogP contribution in [0.15, 0.2) is 18.2 Å². The lowest BCUT2D eigenvalue weighted by atomic mass is 9.83. The van der Waals surface area contributed by atoms with E-state index in [9.17, 15) is 0 Å². The zero-order chi connectivity index (χ0) is 11.7. The third-order valence-electron chi connectivity index (χ3n) is 4.11. The van der Waals surface area contributed by atoms with Crippen LogP contribution in [0.4, 0.5) is 0 Å². The van der Waals surface area contributed by atoms with Crippen LogP contribution in [0.5, 0.6) is 0 Å². The number of nitrogens with zero attached hydrogens (tertiary/aromatic N) is 1. The van der Waals surface area contributed by atoms with Gasteiger partial charge in [0, 0.05) is 0 Å². The SMILES string of the molecule is N#CC1=Cc2ccc(C3CCCCCC3)cc21. The Morgan fingerprint density at radius 2 is 1.82 bits per heavy atom. The van der Waals surface area contributed by atoms with Gasteiger partial charge in [-0.2, -0.15) is 5.26 Å². The largest absolute Gasteiger partial charge is 0.192 e. The van der Waals surface area contributed by atoms with Crippen LogP contribution in [0.1, 0.15) is 61.1 Å². The molecule has 1 aromatic carbocycles. The zero-order valence-electron chi connectivity index (χ0n) is 10.1. The van der Waals surface area contributed by atoms with Gasteiger partial charge in [0.2, 0.25) is 0 Å². The van der Waals surface area contributed by atoms with Crippen molar-refractivity contribution in [1.29, 1.82) is 5.26 Å². The normalized spacial score (nSPS) is 19.6. The van der Waals surface area contributed by atoms with Crippen molar-refractivity contribution in [3.63, 3.8) is 0 Å². The van der Waals surface area contributed by atoms with Crippen molar-refractivity contribution in [2.45, 2.75) is 44.4 Å². The number of hydrogen-bond acceptors (Lipinski definition) is 1. The first-order chi connectivity index (χ1) is 8.38. The van der Waals surface area contributed by atoms with Crippen LogP contribution in [0.25, 0.3) is 11.6 Å². The molecule has 1 fully saturated rings. The highest BCUT2D eigenvalue weighted by atomic mass is 14.3. The third-order valence-corrected chi connectivity index (χ3v) is 4.11. The monoisotopic (exact) mass is 223 g/mol. The molecule has 0 heterocycles. The summed E-state index contributed by atoms with van der Waals surface area (Å²) < 4.78 is 0. The molecule has 3 rings (SSSR count). The van der Waals surface area contributed by atoms with E-state index in [1.165, 1.54) is 55.2 Å². The quantitative estimate of drug-likeness (QED) is 0.643. The van der Waals surface area contributed by atoms with Gasteiger partial charge >= 0.3 is 0 Å². The first kappa shape index (κ1) is 10.6. The van der Waals surface area contributed by atoms with Crippen molar-refractivity contribution < 1.29 is 0 Å². The number of allylic oxidation sites excluding steroid dienone is 1. The summed E-state index contributed by atoms with van der Waals surface area (Å²) >= 11 is 0. The fourth-order valence-electron chi connectivity index (χ4n) is 3.05. The molecule has 0 bridgehead atoms. The Labute approximate surface area is 103 Å². The molecular weight excluding hydrogens is 206 g/mol. The Balaban J connectivity index is 1.85. The molecule has 0 spiro atoms. The summed E-state index contributed by atoms with van der Waals surface area (Å²) in [6.07, 6.45) is 10.1. The van der Waals surface area contributed by atoms with E-state index in [0.717, 1.165) is 11.5 Å². The second-order valence-corrected chi connectivity index (χ2v) is 5.20. The van der Waals surface area contributed by atoms with E-state index in [1.54, 1.807) is 0 Å². The minimum Gasteiger partial charge on any atom is -0.192 e. The van der Waals surface area contributed by atoms with Crippen LogP contribution in [-0.4, -0.2) is 0 Å². The van der Waals surface area contributed by atoms with E-state index in [1.807, 2.05) is 6.08 Å². The molecule has 86 valence electrons. The van der Waals surface area contributed by atoms with E-state index in [-0.39, 0.29) is 0 Å². The van der Waals surface area contributed by atoms with Gasteiger partial charge < -0.3 is 0 Å². The highest BCUT2D eigenvalue weighted by Gasteiger charge is 2.20. The lowest BCUT2D eigenvalue weighted by molar-refractivity contribution is 0.592. The Hall–Kier alpha value is -1.55. The maximum atomic E-state index is 8.96. The van der Waals surface area contributed by atoms with Crippen molar-refractivity contribution in [2.75, 3.05) is 0 Å². The van der Waals surface area contributed by atoms with E-state index >= 15 is 0 Å². The predicted molar refractivity (Wildman–Crippen MR) is 70.4 cm³/mol. The average Bonchev–Trinajstić information content (AvgIpc) is 2.60. The molecule has 2 aliphatic carbocycles. The standard InChI is InChI=1S/C16H17N/c17-11-15-9-14-8-7-13(10-16(14)15)12-5-3-1-2-4-6-12/h7-10,12H,1-6H2. The highest BCUT2D eigenvalue weighted by molar-refractivity contribution is 6.01. The summed E-state index contributed by atoms with van der Waals surface area (Å²) in [5.74, 6) is 0.725. The average molecular weight is 223 g/mol. The molecule has 1 heteroatoms. The summed E-state index contributed by atoms with van der Waals surface area (Å²) in [5, 5.41) is 8.96. The molecule has 0 atom stereocenters. The van der Waals surface area contributed by atoms with Crippen molar-refractivity contribution in [1.82, 2.24) is 0 Å². The zero-order valence-corrected chi connectivity index (χ0v) is 10.1. The van der Waals surface area contributed by atoms with Crippen molar-refractivity contribution in [3.05, 3.63) is 34.9 Å². The molecule has 1 nitrogen and oxygen atoms in total. The Morgan fingerprint density at radius 1 is 1.06 bits per heavy atom. The lowest BCUT2D eigenvalue weighted by Gasteiger charge is -2.20. The van der Waals surface area contributed by atoms with Gasteiger partial charge in [-0.1, -0.05) is 37.8 Å². The molecular formula is C16H17N. The van der Waals surface area contributed by atoms with Gasteiger partial charge in [-0.25, -0.2) is 0 Å². The summed E-state index contributed by atoms with van der Waals surface area (Å²) in [6.45, 7) is 0. The van der Waals surface area contributed by atoms with Gasteiger partial charge in [0.05, 0.1) is 11.6 Å². The minimum atomic E-state index is 0.725. The molecule has 0 radical (unpaired) electrons. The number of fused-ring (bicyclic) bond motifs is 1.